The van der Waals surface area contributed by atoms with Crippen molar-refractivity contribution in [3.05, 3.63) is 46.8 Å². The molecule has 134 valence electrons. The number of guanidine groups is 1. The Bertz CT molecular complexity index is 792. The number of benzene rings is 1. The number of aromatic nitrogens is 2. The van der Waals surface area contributed by atoms with Gasteiger partial charge in [-0.25, -0.2) is 4.99 Å². The highest BCUT2D eigenvalue weighted by atomic mass is 19.4. The predicted octanol–water partition coefficient (Wildman–Crippen LogP) is 3.24. The lowest BCUT2D eigenvalue weighted by molar-refractivity contribution is -0.142. The van der Waals surface area contributed by atoms with Gasteiger partial charge in [-0.2, -0.15) is 18.3 Å². The largest absolute Gasteiger partial charge is 0.435 e. The van der Waals surface area contributed by atoms with Crippen molar-refractivity contribution >= 4 is 11.6 Å². The lowest BCUT2D eigenvalue weighted by atomic mass is 9.90. The standard InChI is InChI=1S/C17H20F3N5/c1-25-10-12(15(24-25)17(18,19)20)9-22-16(21)23-14-8-4-6-11-5-2-3-7-13(11)14/h4,6,8,10H,2-3,5,7,9H2,1H3,(H3,21,22,23). The van der Waals surface area contributed by atoms with Crippen LogP contribution in [-0.4, -0.2) is 15.7 Å². The highest BCUT2D eigenvalue weighted by molar-refractivity contribution is 5.93. The number of fused-ring (bicyclic) bond motifs is 1. The summed E-state index contributed by atoms with van der Waals surface area (Å²) in [5.41, 5.74) is 8.33. The first-order valence-electron chi connectivity index (χ1n) is 8.12. The fourth-order valence-electron chi connectivity index (χ4n) is 3.14. The summed E-state index contributed by atoms with van der Waals surface area (Å²) in [5.74, 6) is 0.0935. The third-order valence-electron chi connectivity index (χ3n) is 4.25. The van der Waals surface area contributed by atoms with Crippen LogP contribution >= 0.6 is 0 Å². The zero-order valence-electron chi connectivity index (χ0n) is 13.9. The van der Waals surface area contributed by atoms with Crippen LogP contribution in [-0.2, 0) is 32.6 Å². The number of halogens is 3. The van der Waals surface area contributed by atoms with Crippen LogP contribution in [0.15, 0.2) is 29.4 Å². The molecule has 1 aliphatic carbocycles. The molecule has 0 aliphatic heterocycles. The van der Waals surface area contributed by atoms with Crippen LogP contribution in [0.1, 0.15) is 35.2 Å². The SMILES string of the molecule is Cn1cc(CN=C(N)Nc2cccc3c2CCCC3)c(C(F)(F)F)n1. The summed E-state index contributed by atoms with van der Waals surface area (Å²) < 4.78 is 40.0. The number of nitrogens with one attached hydrogen (secondary N) is 1. The normalized spacial score (nSPS) is 15.1. The molecule has 0 saturated heterocycles. The molecule has 3 rings (SSSR count). The Labute approximate surface area is 143 Å². The summed E-state index contributed by atoms with van der Waals surface area (Å²) in [6.45, 7) is -0.184. The molecule has 0 fully saturated rings. The summed E-state index contributed by atoms with van der Waals surface area (Å²) in [6.07, 6.45) is 1.09. The van der Waals surface area contributed by atoms with Crippen molar-refractivity contribution in [2.24, 2.45) is 17.8 Å². The fourth-order valence-corrected chi connectivity index (χ4v) is 3.14. The summed E-state index contributed by atoms with van der Waals surface area (Å²) in [6, 6.07) is 5.96. The van der Waals surface area contributed by atoms with Crippen LogP contribution in [0.25, 0.3) is 0 Å². The van der Waals surface area contributed by atoms with Gasteiger partial charge in [0.15, 0.2) is 11.7 Å². The van der Waals surface area contributed by atoms with E-state index in [1.807, 2.05) is 12.1 Å². The number of alkyl halides is 3. The van der Waals surface area contributed by atoms with E-state index >= 15 is 0 Å². The molecule has 1 aliphatic rings. The minimum absolute atomic E-state index is 0.00478. The summed E-state index contributed by atoms with van der Waals surface area (Å²) in [7, 11) is 1.44. The van der Waals surface area contributed by atoms with Gasteiger partial charge in [-0.15, -0.1) is 0 Å². The van der Waals surface area contributed by atoms with Gasteiger partial charge in [0, 0.05) is 24.5 Å². The number of hydrogen-bond donors (Lipinski definition) is 2. The summed E-state index contributed by atoms with van der Waals surface area (Å²) >= 11 is 0. The maximum atomic E-state index is 13.0. The second kappa shape index (κ2) is 6.78. The molecule has 3 N–H and O–H groups in total. The van der Waals surface area contributed by atoms with Crippen LogP contribution < -0.4 is 11.1 Å². The molecule has 1 heterocycles. The number of aliphatic imine (C=N–C) groups is 1. The molecular weight excluding hydrogens is 331 g/mol. The van der Waals surface area contributed by atoms with Gasteiger partial charge in [0.1, 0.15) is 0 Å². The van der Waals surface area contributed by atoms with E-state index in [0.717, 1.165) is 29.6 Å². The number of aryl methyl sites for hydroxylation is 2. The van der Waals surface area contributed by atoms with Gasteiger partial charge >= 0.3 is 6.18 Å². The molecule has 0 bridgehead atoms. The number of anilines is 1. The Morgan fingerprint density at radius 3 is 2.84 bits per heavy atom. The van der Waals surface area contributed by atoms with Gasteiger partial charge in [-0.3, -0.25) is 4.68 Å². The van der Waals surface area contributed by atoms with Crippen LogP contribution in [0.3, 0.4) is 0 Å². The van der Waals surface area contributed by atoms with Crippen molar-refractivity contribution in [1.29, 1.82) is 0 Å². The van der Waals surface area contributed by atoms with E-state index in [2.05, 4.69) is 21.5 Å². The van der Waals surface area contributed by atoms with Gasteiger partial charge in [0.2, 0.25) is 0 Å². The van der Waals surface area contributed by atoms with E-state index < -0.39 is 11.9 Å². The summed E-state index contributed by atoms with van der Waals surface area (Å²) in [4.78, 5) is 4.06. The molecule has 0 saturated carbocycles. The van der Waals surface area contributed by atoms with E-state index in [4.69, 9.17) is 5.73 Å². The molecule has 0 amide bonds. The first-order valence-corrected chi connectivity index (χ1v) is 8.12. The first-order chi connectivity index (χ1) is 11.8. The highest BCUT2D eigenvalue weighted by Crippen LogP contribution is 2.31. The van der Waals surface area contributed by atoms with E-state index in [-0.39, 0.29) is 18.1 Å². The van der Waals surface area contributed by atoms with Gasteiger partial charge in [0.05, 0.1) is 6.54 Å². The van der Waals surface area contributed by atoms with Crippen molar-refractivity contribution in [3.8, 4) is 0 Å². The molecule has 0 spiro atoms. The van der Waals surface area contributed by atoms with Crippen molar-refractivity contribution < 1.29 is 13.2 Å². The van der Waals surface area contributed by atoms with Gasteiger partial charge < -0.3 is 11.1 Å². The zero-order chi connectivity index (χ0) is 18.0. The molecule has 1 aromatic heterocycles. The van der Waals surface area contributed by atoms with Crippen LogP contribution in [0.4, 0.5) is 18.9 Å². The Morgan fingerprint density at radius 1 is 1.32 bits per heavy atom. The van der Waals surface area contributed by atoms with E-state index in [1.54, 1.807) is 0 Å². The molecule has 25 heavy (non-hydrogen) atoms. The molecule has 5 nitrogen and oxygen atoms in total. The average molecular weight is 351 g/mol. The van der Waals surface area contributed by atoms with Gasteiger partial charge in [0.25, 0.3) is 0 Å². The van der Waals surface area contributed by atoms with E-state index in [9.17, 15) is 13.2 Å². The Balaban J connectivity index is 1.76. The van der Waals surface area contributed by atoms with Crippen LogP contribution in [0.2, 0.25) is 0 Å². The number of rotatable bonds is 3. The van der Waals surface area contributed by atoms with E-state index in [0.29, 0.717) is 0 Å². The minimum Gasteiger partial charge on any atom is -0.370 e. The number of nitrogens with zero attached hydrogens (tertiary/aromatic N) is 3. The van der Waals surface area contributed by atoms with Crippen LogP contribution in [0.5, 0.6) is 0 Å². The third-order valence-corrected chi connectivity index (χ3v) is 4.25. The fraction of sp³-hybridized carbons (Fsp3) is 0.412. The number of hydrogen-bond acceptors (Lipinski definition) is 2. The third kappa shape index (κ3) is 3.94. The first kappa shape index (κ1) is 17.3. The highest BCUT2D eigenvalue weighted by Gasteiger charge is 2.36. The van der Waals surface area contributed by atoms with Gasteiger partial charge in [-0.05, 0) is 42.9 Å². The average Bonchev–Trinajstić information content (AvgIpc) is 2.95. The van der Waals surface area contributed by atoms with Crippen LogP contribution in [0, 0.1) is 0 Å². The zero-order valence-corrected chi connectivity index (χ0v) is 13.9. The smallest absolute Gasteiger partial charge is 0.370 e. The second-order valence-corrected chi connectivity index (χ2v) is 6.15. The molecule has 1 aromatic carbocycles. The minimum atomic E-state index is -4.51. The lowest BCUT2D eigenvalue weighted by Crippen LogP contribution is -2.24. The van der Waals surface area contributed by atoms with Crippen molar-refractivity contribution in [3.63, 3.8) is 0 Å². The molecule has 8 heteroatoms. The molecule has 0 atom stereocenters. The van der Waals surface area contributed by atoms with Crippen molar-refractivity contribution in [1.82, 2.24) is 9.78 Å². The second-order valence-electron chi connectivity index (χ2n) is 6.15. The monoisotopic (exact) mass is 351 g/mol. The lowest BCUT2D eigenvalue weighted by Gasteiger charge is -2.19. The number of nitrogens with two attached hydrogens (primary N) is 1. The Morgan fingerprint density at radius 2 is 2.08 bits per heavy atom. The van der Waals surface area contributed by atoms with Crippen molar-refractivity contribution in [2.45, 2.75) is 38.4 Å². The molecule has 0 radical (unpaired) electrons. The van der Waals surface area contributed by atoms with E-state index in [1.165, 1.54) is 30.8 Å². The maximum Gasteiger partial charge on any atom is 0.435 e. The molecular formula is C17H20F3N5. The Kier molecular flexibility index (Phi) is 4.69. The molecule has 2 aromatic rings. The van der Waals surface area contributed by atoms with Gasteiger partial charge in [-0.1, -0.05) is 12.1 Å². The van der Waals surface area contributed by atoms with Crippen molar-refractivity contribution in [2.75, 3.05) is 5.32 Å². The summed E-state index contributed by atoms with van der Waals surface area (Å²) in [5, 5.41) is 6.49. The molecule has 0 unspecified atom stereocenters. The Hall–Kier alpha value is -2.51. The topological polar surface area (TPSA) is 68.2 Å². The maximum absolute atomic E-state index is 13.0. The predicted molar refractivity (Wildman–Crippen MR) is 90.2 cm³/mol. The quantitative estimate of drug-likeness (QED) is 0.659.